The maximum atomic E-state index is 13.9. The molecule has 1 N–H and O–H groups in total. The van der Waals surface area contributed by atoms with Crippen LogP contribution < -0.4 is 15.0 Å². The van der Waals surface area contributed by atoms with Gasteiger partial charge in [0.05, 0.1) is 36.3 Å². The standard InChI is InChI=1S/C26H31F3N6O2/c1-5-17-23(16-11-12-22(36-4)34-24(16)26(27,28)29)31-18(6-2)25(32-17)33-19-14-35(15-20(19)37-7-3)21-10-8-9-13-30-21/h8-13,19-20H,5-7,14-15H2,1-4H3,(H,32,33). The zero-order chi connectivity index (χ0) is 26.6. The van der Waals surface area contributed by atoms with Crippen molar-refractivity contribution in [2.75, 3.05) is 37.0 Å². The molecule has 3 aromatic heterocycles. The van der Waals surface area contributed by atoms with Gasteiger partial charge < -0.3 is 19.7 Å². The van der Waals surface area contributed by atoms with Gasteiger partial charge in [-0.2, -0.15) is 13.2 Å². The van der Waals surface area contributed by atoms with Crippen LogP contribution >= 0.6 is 0 Å². The molecule has 1 fully saturated rings. The first-order valence-corrected chi connectivity index (χ1v) is 12.3. The second kappa shape index (κ2) is 11.3. The molecule has 198 valence electrons. The summed E-state index contributed by atoms with van der Waals surface area (Å²) in [5, 5.41) is 3.49. The van der Waals surface area contributed by atoms with E-state index >= 15 is 0 Å². The molecule has 0 aromatic carbocycles. The van der Waals surface area contributed by atoms with E-state index in [1.165, 1.54) is 19.2 Å². The zero-order valence-electron chi connectivity index (χ0n) is 21.3. The first-order chi connectivity index (χ1) is 17.8. The molecule has 0 saturated carbocycles. The van der Waals surface area contributed by atoms with Gasteiger partial charge in [0.15, 0.2) is 5.69 Å². The second-order valence-corrected chi connectivity index (χ2v) is 8.61. The first kappa shape index (κ1) is 26.6. The number of nitrogens with one attached hydrogen (secondary N) is 1. The molecule has 0 bridgehead atoms. The van der Waals surface area contributed by atoms with Crippen LogP contribution in [0.1, 0.15) is 37.9 Å². The lowest BCUT2D eigenvalue weighted by molar-refractivity contribution is -0.140. The summed E-state index contributed by atoms with van der Waals surface area (Å²) in [5.41, 5.74) is 0.0350. The van der Waals surface area contributed by atoms with Gasteiger partial charge in [-0.1, -0.05) is 19.9 Å². The summed E-state index contributed by atoms with van der Waals surface area (Å²) < 4.78 is 52.7. The van der Waals surface area contributed by atoms with Crippen LogP contribution in [0, 0.1) is 0 Å². The highest BCUT2D eigenvalue weighted by atomic mass is 19.4. The van der Waals surface area contributed by atoms with Gasteiger partial charge >= 0.3 is 6.18 Å². The lowest BCUT2D eigenvalue weighted by atomic mass is 10.0. The Labute approximate surface area is 214 Å². The minimum Gasteiger partial charge on any atom is -0.481 e. The van der Waals surface area contributed by atoms with E-state index < -0.39 is 11.9 Å². The molecule has 11 heteroatoms. The number of hydrogen-bond acceptors (Lipinski definition) is 8. The van der Waals surface area contributed by atoms with Crippen molar-refractivity contribution in [1.29, 1.82) is 0 Å². The van der Waals surface area contributed by atoms with Gasteiger partial charge in [0.25, 0.3) is 0 Å². The van der Waals surface area contributed by atoms with E-state index in [9.17, 15) is 13.2 Å². The van der Waals surface area contributed by atoms with Gasteiger partial charge in [-0.3, -0.25) is 0 Å². The van der Waals surface area contributed by atoms with Gasteiger partial charge in [0.2, 0.25) is 5.88 Å². The smallest absolute Gasteiger partial charge is 0.434 e. The van der Waals surface area contributed by atoms with Gasteiger partial charge in [-0.15, -0.1) is 0 Å². The van der Waals surface area contributed by atoms with Crippen LogP contribution in [0.2, 0.25) is 0 Å². The molecule has 1 aliphatic heterocycles. The van der Waals surface area contributed by atoms with E-state index in [0.717, 1.165) is 5.82 Å². The van der Waals surface area contributed by atoms with Gasteiger partial charge in [-0.05, 0) is 38.0 Å². The highest BCUT2D eigenvalue weighted by Gasteiger charge is 2.38. The van der Waals surface area contributed by atoms with Crippen molar-refractivity contribution in [1.82, 2.24) is 19.9 Å². The minimum absolute atomic E-state index is 0.106. The summed E-state index contributed by atoms with van der Waals surface area (Å²) in [6, 6.07) is 8.40. The molecule has 4 rings (SSSR count). The Kier molecular flexibility index (Phi) is 8.11. The van der Waals surface area contributed by atoms with Gasteiger partial charge in [0, 0.05) is 37.5 Å². The quantitative estimate of drug-likeness (QED) is 0.435. The Morgan fingerprint density at radius 3 is 2.41 bits per heavy atom. The SMILES string of the molecule is CCOC1CN(c2ccccn2)CC1Nc1nc(CC)c(-c2ccc(OC)nc2C(F)(F)F)nc1CC. The number of nitrogens with zero attached hydrogens (tertiary/aromatic N) is 5. The maximum absolute atomic E-state index is 13.9. The monoisotopic (exact) mass is 516 g/mol. The van der Waals surface area contributed by atoms with Crippen LogP contribution in [0.25, 0.3) is 11.3 Å². The number of methoxy groups -OCH3 is 1. The molecule has 1 aliphatic rings. The van der Waals surface area contributed by atoms with Crippen LogP contribution in [0.4, 0.5) is 24.8 Å². The predicted octanol–water partition coefficient (Wildman–Crippen LogP) is 4.79. The van der Waals surface area contributed by atoms with Crippen molar-refractivity contribution in [2.24, 2.45) is 0 Å². The van der Waals surface area contributed by atoms with Crippen LogP contribution in [0.15, 0.2) is 36.5 Å². The number of hydrogen-bond donors (Lipinski definition) is 1. The molecule has 2 unspecified atom stereocenters. The highest BCUT2D eigenvalue weighted by molar-refractivity contribution is 5.67. The maximum Gasteiger partial charge on any atom is 0.434 e. The topological polar surface area (TPSA) is 85.3 Å². The first-order valence-electron chi connectivity index (χ1n) is 12.3. The summed E-state index contributed by atoms with van der Waals surface area (Å²) in [6.07, 6.45) is -2.17. The normalized spacial score (nSPS) is 17.8. The van der Waals surface area contributed by atoms with E-state index in [4.69, 9.17) is 14.5 Å². The van der Waals surface area contributed by atoms with E-state index in [2.05, 4.69) is 25.2 Å². The fourth-order valence-corrected chi connectivity index (χ4v) is 4.49. The van der Waals surface area contributed by atoms with E-state index in [1.54, 1.807) is 6.20 Å². The summed E-state index contributed by atoms with van der Waals surface area (Å²) in [6.45, 7) is 7.53. The molecular formula is C26H31F3N6O2. The number of anilines is 2. The van der Waals surface area contributed by atoms with Crippen LogP contribution in [-0.4, -0.2) is 58.9 Å². The molecule has 4 heterocycles. The summed E-state index contributed by atoms with van der Waals surface area (Å²) >= 11 is 0. The van der Waals surface area contributed by atoms with Gasteiger partial charge in [0.1, 0.15) is 11.6 Å². The molecule has 2 atom stereocenters. The molecule has 0 radical (unpaired) electrons. The summed E-state index contributed by atoms with van der Waals surface area (Å²) in [7, 11) is 1.28. The lowest BCUT2D eigenvalue weighted by Gasteiger charge is -2.23. The Morgan fingerprint density at radius 1 is 1.00 bits per heavy atom. The molecule has 1 saturated heterocycles. The van der Waals surface area contributed by atoms with E-state index in [0.29, 0.717) is 49.7 Å². The third-order valence-corrected chi connectivity index (χ3v) is 6.25. The third-order valence-electron chi connectivity index (χ3n) is 6.25. The number of halogens is 3. The zero-order valence-corrected chi connectivity index (χ0v) is 21.3. The van der Waals surface area contributed by atoms with Crippen molar-refractivity contribution in [3.8, 4) is 17.1 Å². The molecule has 0 amide bonds. The number of aryl methyl sites for hydroxylation is 2. The Morgan fingerprint density at radius 2 is 1.78 bits per heavy atom. The molecule has 8 nitrogen and oxygen atoms in total. The number of pyridine rings is 2. The van der Waals surface area contributed by atoms with Crippen molar-refractivity contribution in [3.05, 3.63) is 53.6 Å². The van der Waals surface area contributed by atoms with E-state index in [-0.39, 0.29) is 29.3 Å². The van der Waals surface area contributed by atoms with E-state index in [1.807, 2.05) is 39.0 Å². The lowest BCUT2D eigenvalue weighted by Crippen LogP contribution is -2.35. The average Bonchev–Trinajstić information content (AvgIpc) is 3.30. The third kappa shape index (κ3) is 5.76. The highest BCUT2D eigenvalue weighted by Crippen LogP contribution is 2.38. The molecule has 0 aliphatic carbocycles. The average molecular weight is 517 g/mol. The summed E-state index contributed by atoms with van der Waals surface area (Å²) in [5.74, 6) is 1.29. The minimum atomic E-state index is -4.68. The molecule has 37 heavy (non-hydrogen) atoms. The molecule has 3 aromatic rings. The fraction of sp³-hybridized carbons (Fsp3) is 0.462. The van der Waals surface area contributed by atoms with Crippen molar-refractivity contribution >= 4 is 11.6 Å². The molecule has 0 spiro atoms. The Balaban J connectivity index is 1.70. The van der Waals surface area contributed by atoms with Crippen molar-refractivity contribution < 1.29 is 22.6 Å². The predicted molar refractivity (Wildman–Crippen MR) is 135 cm³/mol. The fourth-order valence-electron chi connectivity index (χ4n) is 4.49. The molecular weight excluding hydrogens is 485 g/mol. The van der Waals surface area contributed by atoms with Crippen LogP contribution in [0.5, 0.6) is 5.88 Å². The summed E-state index contributed by atoms with van der Waals surface area (Å²) in [4.78, 5) is 19.7. The Bertz CT molecular complexity index is 1210. The number of ether oxygens (including phenoxy) is 2. The number of aromatic nitrogens is 4. The second-order valence-electron chi connectivity index (χ2n) is 8.61. The van der Waals surface area contributed by atoms with Crippen molar-refractivity contribution in [2.45, 2.75) is 51.9 Å². The van der Waals surface area contributed by atoms with Crippen LogP contribution in [-0.2, 0) is 23.8 Å². The largest absolute Gasteiger partial charge is 0.481 e. The number of rotatable bonds is 9. The Hall–Kier alpha value is -3.47. The number of alkyl halides is 3. The van der Waals surface area contributed by atoms with Crippen molar-refractivity contribution in [3.63, 3.8) is 0 Å². The van der Waals surface area contributed by atoms with Gasteiger partial charge in [-0.25, -0.2) is 19.9 Å². The van der Waals surface area contributed by atoms with Crippen LogP contribution in [0.3, 0.4) is 0 Å².